The summed E-state index contributed by atoms with van der Waals surface area (Å²) in [5.41, 5.74) is 4.40. The van der Waals surface area contributed by atoms with Crippen molar-refractivity contribution in [3.8, 4) is 27.6 Å². The fourth-order valence-corrected chi connectivity index (χ4v) is 2.98. The first-order valence-corrected chi connectivity index (χ1v) is 7.32. The molecule has 0 N–H and O–H groups in total. The Morgan fingerprint density at radius 3 is 2.70 bits per heavy atom. The van der Waals surface area contributed by atoms with Gasteiger partial charge in [0.25, 0.3) is 0 Å². The minimum absolute atomic E-state index is 0.855. The van der Waals surface area contributed by atoms with E-state index in [0.29, 0.717) is 0 Å². The van der Waals surface area contributed by atoms with Crippen LogP contribution in [0.5, 0.6) is 5.75 Å². The van der Waals surface area contributed by atoms with E-state index in [1.165, 1.54) is 5.56 Å². The number of benzene rings is 2. The van der Waals surface area contributed by atoms with Gasteiger partial charge in [0.2, 0.25) is 0 Å². The zero-order chi connectivity index (χ0) is 13.9. The summed E-state index contributed by atoms with van der Waals surface area (Å²) in [5.74, 6) is 0.855. The van der Waals surface area contributed by atoms with Crippen LogP contribution in [0.25, 0.3) is 21.8 Å². The van der Waals surface area contributed by atoms with Gasteiger partial charge in [-0.3, -0.25) is 0 Å². The summed E-state index contributed by atoms with van der Waals surface area (Å²) in [6.45, 7) is 2.10. The Kier molecular flexibility index (Phi) is 3.52. The lowest BCUT2D eigenvalue weighted by molar-refractivity contribution is 0.416. The molecule has 0 atom stereocenters. The molecule has 3 rings (SSSR count). The Bertz CT molecular complexity index is 733. The Labute approximate surface area is 122 Å². The van der Waals surface area contributed by atoms with Crippen LogP contribution in [0.1, 0.15) is 5.56 Å². The third kappa shape index (κ3) is 2.45. The molecule has 0 aliphatic rings. The second-order valence-electron chi connectivity index (χ2n) is 4.61. The molecule has 3 heteroatoms. The number of methoxy groups -OCH3 is 1. The topological polar surface area (TPSA) is 22.1 Å². The van der Waals surface area contributed by atoms with Gasteiger partial charge in [0.1, 0.15) is 10.8 Å². The highest BCUT2D eigenvalue weighted by Crippen LogP contribution is 2.33. The highest BCUT2D eigenvalue weighted by molar-refractivity contribution is 7.13. The minimum atomic E-state index is 0.855. The van der Waals surface area contributed by atoms with Gasteiger partial charge in [-0.15, -0.1) is 11.3 Å². The standard InChI is InChI=1S/C17H15NOS/c1-12-6-5-7-13(10-12)17-18-15(11-20-17)14-8-3-4-9-16(14)19-2/h3-11H,1-2H3. The third-order valence-corrected chi connectivity index (χ3v) is 4.04. The van der Waals surface area contributed by atoms with Crippen LogP contribution in [0, 0.1) is 6.92 Å². The predicted molar refractivity (Wildman–Crippen MR) is 84.3 cm³/mol. The van der Waals surface area contributed by atoms with Crippen molar-refractivity contribution in [2.45, 2.75) is 6.92 Å². The Balaban J connectivity index is 2.02. The number of rotatable bonds is 3. The lowest BCUT2D eigenvalue weighted by Crippen LogP contribution is -1.87. The number of nitrogens with zero attached hydrogens (tertiary/aromatic N) is 1. The van der Waals surface area contributed by atoms with E-state index in [2.05, 4.69) is 36.6 Å². The predicted octanol–water partition coefficient (Wildman–Crippen LogP) is 4.79. The van der Waals surface area contributed by atoms with Gasteiger partial charge in [-0.1, -0.05) is 35.9 Å². The number of aromatic nitrogens is 1. The molecule has 0 unspecified atom stereocenters. The molecule has 0 aliphatic heterocycles. The Morgan fingerprint density at radius 2 is 1.90 bits per heavy atom. The van der Waals surface area contributed by atoms with Gasteiger partial charge in [0.15, 0.2) is 0 Å². The van der Waals surface area contributed by atoms with E-state index in [1.807, 2.05) is 24.3 Å². The summed E-state index contributed by atoms with van der Waals surface area (Å²) >= 11 is 1.66. The fraction of sp³-hybridized carbons (Fsp3) is 0.118. The van der Waals surface area contributed by atoms with E-state index < -0.39 is 0 Å². The molecule has 1 aromatic heterocycles. The van der Waals surface area contributed by atoms with Gasteiger partial charge in [-0.05, 0) is 25.1 Å². The van der Waals surface area contributed by atoms with Crippen LogP contribution < -0.4 is 4.74 Å². The molecule has 0 amide bonds. The maximum Gasteiger partial charge on any atom is 0.128 e. The second kappa shape index (κ2) is 5.47. The van der Waals surface area contributed by atoms with Crippen LogP contribution in [0.2, 0.25) is 0 Å². The summed E-state index contributed by atoms with van der Waals surface area (Å²) < 4.78 is 5.40. The van der Waals surface area contributed by atoms with Crippen molar-refractivity contribution < 1.29 is 4.74 Å². The van der Waals surface area contributed by atoms with Crippen molar-refractivity contribution in [3.63, 3.8) is 0 Å². The normalized spacial score (nSPS) is 10.5. The molecule has 0 fully saturated rings. The van der Waals surface area contributed by atoms with Crippen molar-refractivity contribution in [1.29, 1.82) is 0 Å². The minimum Gasteiger partial charge on any atom is -0.496 e. The molecule has 0 saturated heterocycles. The lowest BCUT2D eigenvalue weighted by atomic mass is 10.1. The Morgan fingerprint density at radius 1 is 1.05 bits per heavy atom. The summed E-state index contributed by atoms with van der Waals surface area (Å²) in [6, 6.07) is 16.4. The molecule has 0 radical (unpaired) electrons. The van der Waals surface area contributed by atoms with Gasteiger partial charge in [-0.25, -0.2) is 4.98 Å². The van der Waals surface area contributed by atoms with Crippen LogP contribution in [-0.2, 0) is 0 Å². The first-order valence-electron chi connectivity index (χ1n) is 6.44. The molecular formula is C17H15NOS. The van der Waals surface area contributed by atoms with Crippen molar-refractivity contribution in [2.24, 2.45) is 0 Å². The van der Waals surface area contributed by atoms with E-state index in [9.17, 15) is 0 Å². The van der Waals surface area contributed by atoms with Crippen molar-refractivity contribution in [1.82, 2.24) is 4.98 Å². The molecule has 2 aromatic carbocycles. The van der Waals surface area contributed by atoms with E-state index in [4.69, 9.17) is 9.72 Å². The number of para-hydroxylation sites is 1. The van der Waals surface area contributed by atoms with Crippen LogP contribution in [0.4, 0.5) is 0 Å². The Hall–Kier alpha value is -2.13. The molecule has 3 aromatic rings. The largest absolute Gasteiger partial charge is 0.496 e. The van der Waals surface area contributed by atoms with E-state index in [1.54, 1.807) is 18.4 Å². The SMILES string of the molecule is COc1ccccc1-c1csc(-c2cccc(C)c2)n1. The average Bonchev–Trinajstić information content (AvgIpc) is 2.97. The highest BCUT2D eigenvalue weighted by Gasteiger charge is 2.10. The molecule has 20 heavy (non-hydrogen) atoms. The van der Waals surface area contributed by atoms with Gasteiger partial charge < -0.3 is 4.74 Å². The lowest BCUT2D eigenvalue weighted by Gasteiger charge is -2.05. The van der Waals surface area contributed by atoms with Gasteiger partial charge in [0.05, 0.1) is 12.8 Å². The van der Waals surface area contributed by atoms with Crippen molar-refractivity contribution in [3.05, 3.63) is 59.5 Å². The summed E-state index contributed by atoms with van der Waals surface area (Å²) in [4.78, 5) is 4.74. The van der Waals surface area contributed by atoms with Gasteiger partial charge >= 0.3 is 0 Å². The first-order chi connectivity index (χ1) is 9.78. The molecule has 0 bridgehead atoms. The number of aryl methyl sites for hydroxylation is 1. The van der Waals surface area contributed by atoms with Gasteiger partial charge in [-0.2, -0.15) is 0 Å². The zero-order valence-corrected chi connectivity index (χ0v) is 12.3. The highest BCUT2D eigenvalue weighted by atomic mass is 32.1. The van der Waals surface area contributed by atoms with E-state index >= 15 is 0 Å². The third-order valence-electron chi connectivity index (χ3n) is 3.15. The van der Waals surface area contributed by atoms with Crippen LogP contribution in [-0.4, -0.2) is 12.1 Å². The zero-order valence-electron chi connectivity index (χ0n) is 11.5. The monoisotopic (exact) mass is 281 g/mol. The molecule has 100 valence electrons. The average molecular weight is 281 g/mol. The van der Waals surface area contributed by atoms with Gasteiger partial charge in [0, 0.05) is 16.5 Å². The van der Waals surface area contributed by atoms with Crippen molar-refractivity contribution >= 4 is 11.3 Å². The fourth-order valence-electron chi connectivity index (χ4n) is 2.16. The molecule has 1 heterocycles. The molecule has 0 spiro atoms. The number of thiazole rings is 1. The maximum atomic E-state index is 5.40. The smallest absolute Gasteiger partial charge is 0.128 e. The van der Waals surface area contributed by atoms with E-state index in [0.717, 1.165) is 27.6 Å². The van der Waals surface area contributed by atoms with Crippen LogP contribution >= 0.6 is 11.3 Å². The summed E-state index contributed by atoms with van der Waals surface area (Å²) in [6.07, 6.45) is 0. The molecule has 0 saturated carbocycles. The quantitative estimate of drug-likeness (QED) is 0.688. The number of hydrogen-bond donors (Lipinski definition) is 0. The molecular weight excluding hydrogens is 266 g/mol. The van der Waals surface area contributed by atoms with Crippen LogP contribution in [0.15, 0.2) is 53.9 Å². The first kappa shape index (κ1) is 12.9. The molecule has 0 aliphatic carbocycles. The molecule has 2 nitrogen and oxygen atoms in total. The number of ether oxygens (including phenoxy) is 1. The maximum absolute atomic E-state index is 5.40. The summed E-state index contributed by atoms with van der Waals surface area (Å²) in [7, 11) is 1.69. The van der Waals surface area contributed by atoms with Crippen LogP contribution in [0.3, 0.4) is 0 Å². The van der Waals surface area contributed by atoms with E-state index in [-0.39, 0.29) is 0 Å². The van der Waals surface area contributed by atoms with Crippen molar-refractivity contribution in [2.75, 3.05) is 7.11 Å². The number of hydrogen-bond acceptors (Lipinski definition) is 3. The second-order valence-corrected chi connectivity index (χ2v) is 5.47. The summed E-state index contributed by atoms with van der Waals surface area (Å²) in [5, 5.41) is 3.12.